The van der Waals surface area contributed by atoms with Crippen LogP contribution in [0, 0.1) is 71.0 Å². The molecule has 10 rings (SSSR count). The van der Waals surface area contributed by atoms with Crippen molar-refractivity contribution in [3.05, 3.63) is 51.4 Å². The van der Waals surface area contributed by atoms with E-state index in [1.807, 2.05) is 0 Å². The molecule has 99 heavy (non-hydrogen) atoms. The molecule has 8 saturated carbocycles. The molecule has 12 nitrogen and oxygen atoms in total. The van der Waals surface area contributed by atoms with Crippen LogP contribution in [0.2, 0.25) is 0 Å². The summed E-state index contributed by atoms with van der Waals surface area (Å²) in [5.41, 5.74) is -1.26. The van der Waals surface area contributed by atoms with E-state index < -0.39 is 11.2 Å². The molecule has 2 saturated heterocycles. The Hall–Kier alpha value is -2.16. The Labute approximate surface area is 605 Å². The summed E-state index contributed by atoms with van der Waals surface area (Å²) in [5, 5.41) is 28.6. The smallest absolute Gasteiger partial charge is 0.0873 e. The zero-order valence-corrected chi connectivity index (χ0v) is 63.3. The first-order valence-electron chi connectivity index (χ1n) is 43.0. The molecule has 568 valence electrons. The van der Waals surface area contributed by atoms with Gasteiger partial charge in [0.1, 0.15) is 0 Å². The molecule has 2 N–H and O–H groups in total. The molecule has 0 bridgehead atoms. The maximum absolute atomic E-state index is 14.3. The van der Waals surface area contributed by atoms with Crippen molar-refractivity contribution in [2.24, 2.45) is 71.0 Å². The van der Waals surface area contributed by atoms with Crippen LogP contribution in [-0.4, -0.2) is 147 Å². The number of nitrogens with zero attached hydrogens (tertiary/aromatic N) is 2. The van der Waals surface area contributed by atoms with Gasteiger partial charge in [-0.05, 0) is 367 Å². The van der Waals surface area contributed by atoms with E-state index >= 15 is 0 Å². The summed E-state index contributed by atoms with van der Waals surface area (Å²) < 4.78 is 47.9. The summed E-state index contributed by atoms with van der Waals surface area (Å²) in [5.74, 6) is 7.38. The summed E-state index contributed by atoms with van der Waals surface area (Å²) in [7, 11) is 0. The molecular weight excluding hydrogens is 1230 g/mol. The van der Waals surface area contributed by atoms with E-state index in [2.05, 4.69) is 36.1 Å². The fraction of sp³-hybridized carbons (Fsp3) is 0.908. The normalized spacial score (nSPS) is 34.7. The lowest BCUT2D eigenvalue weighted by Crippen LogP contribution is -2.61. The molecular formula is C87H150N2O10. The van der Waals surface area contributed by atoms with Crippen LogP contribution in [-0.2, 0) is 37.9 Å². The van der Waals surface area contributed by atoms with Crippen molar-refractivity contribution >= 4 is 0 Å². The fourth-order valence-corrected chi connectivity index (χ4v) is 23.4. The highest BCUT2D eigenvalue weighted by Crippen LogP contribution is 2.58. The molecule has 0 spiro atoms. The van der Waals surface area contributed by atoms with Crippen molar-refractivity contribution in [3.8, 4) is 0 Å². The topological polar surface area (TPSA) is 121 Å². The van der Waals surface area contributed by atoms with E-state index in [1.54, 1.807) is 25.0 Å². The molecule has 0 aromatic carbocycles. The average Bonchev–Trinajstić information content (AvgIpc) is 1.73. The van der Waals surface area contributed by atoms with Gasteiger partial charge in [0.2, 0.25) is 0 Å². The Balaban J connectivity index is 0.744. The van der Waals surface area contributed by atoms with Gasteiger partial charge in [0.05, 0.1) is 87.1 Å². The summed E-state index contributed by atoms with van der Waals surface area (Å²) in [6.07, 6.45) is 64.2. The molecule has 16 unspecified atom stereocenters. The molecule has 10 aliphatic rings. The predicted molar refractivity (Wildman–Crippen MR) is 403 cm³/mol. The number of hydrogen-bond donors (Lipinski definition) is 2. The van der Waals surface area contributed by atoms with Gasteiger partial charge >= 0.3 is 0 Å². The summed E-state index contributed by atoms with van der Waals surface area (Å²) in [6.45, 7) is 25.9. The molecule has 0 aromatic heterocycles. The third-order valence-electron chi connectivity index (χ3n) is 28.6. The molecule has 0 aromatic rings. The highest BCUT2D eigenvalue weighted by molar-refractivity contribution is 5.11. The molecule has 8 aliphatic carbocycles. The van der Waals surface area contributed by atoms with E-state index in [1.165, 1.54) is 238 Å². The Kier molecular flexibility index (Phi) is 34.9. The van der Waals surface area contributed by atoms with Gasteiger partial charge in [0, 0.05) is 38.5 Å². The van der Waals surface area contributed by atoms with Crippen LogP contribution in [0.3, 0.4) is 0 Å². The first-order chi connectivity index (χ1) is 48.7. The quantitative estimate of drug-likeness (QED) is 0.0446. The highest BCUT2D eigenvalue weighted by atomic mass is 16.5. The minimum absolute atomic E-state index is 0.271. The Morgan fingerprint density at radius 2 is 0.505 bits per heavy atom. The summed E-state index contributed by atoms with van der Waals surface area (Å²) >= 11 is 0. The van der Waals surface area contributed by atoms with Crippen LogP contribution < -0.4 is 0 Å². The molecule has 12 heteroatoms. The molecule has 0 radical (unpaired) electrons. The van der Waals surface area contributed by atoms with E-state index in [4.69, 9.17) is 37.9 Å². The van der Waals surface area contributed by atoms with E-state index in [0.29, 0.717) is 48.1 Å². The van der Waals surface area contributed by atoms with Crippen LogP contribution in [0.4, 0.5) is 0 Å². The number of ether oxygens (including phenoxy) is 8. The highest BCUT2D eigenvalue weighted by Gasteiger charge is 2.58. The first-order valence-corrected chi connectivity index (χ1v) is 43.0. The monoisotopic (exact) mass is 1380 g/mol. The Morgan fingerprint density at radius 1 is 0.273 bits per heavy atom. The van der Waals surface area contributed by atoms with E-state index in [9.17, 15) is 10.2 Å². The van der Waals surface area contributed by atoms with Crippen molar-refractivity contribution in [2.75, 3.05) is 79.0 Å². The summed E-state index contributed by atoms with van der Waals surface area (Å²) in [4.78, 5) is 5.73. The van der Waals surface area contributed by atoms with Crippen molar-refractivity contribution in [1.82, 2.24) is 9.80 Å². The zero-order valence-electron chi connectivity index (χ0n) is 63.3. The largest absolute Gasteiger partial charge is 0.502 e. The lowest BCUT2D eigenvalue weighted by atomic mass is 9.55. The van der Waals surface area contributed by atoms with Crippen molar-refractivity contribution < 1.29 is 48.1 Å². The lowest BCUT2D eigenvalue weighted by Gasteiger charge is -2.56. The number of likely N-dealkylation sites (tertiary alicyclic amines) is 2. The minimum atomic E-state index is -0.629. The number of fused-ring (bicyclic) bond motifs is 4. The average molecular weight is 1380 g/mol. The molecule has 10 fully saturated rings. The first kappa shape index (κ1) is 79.4. The second-order valence-electron chi connectivity index (χ2n) is 34.4. The van der Waals surface area contributed by atoms with Gasteiger partial charge in [-0.1, -0.05) is 58.4 Å². The van der Waals surface area contributed by atoms with E-state index in [0.717, 1.165) is 191 Å². The van der Waals surface area contributed by atoms with Gasteiger partial charge in [0.15, 0.2) is 0 Å². The minimum Gasteiger partial charge on any atom is -0.502 e. The fourth-order valence-electron chi connectivity index (χ4n) is 23.4. The third-order valence-corrected chi connectivity index (χ3v) is 28.6. The molecule has 18 atom stereocenters. The van der Waals surface area contributed by atoms with Crippen LogP contribution in [0.15, 0.2) is 51.4 Å². The number of rotatable bonds is 48. The van der Waals surface area contributed by atoms with Crippen molar-refractivity contribution in [2.45, 2.75) is 349 Å². The van der Waals surface area contributed by atoms with Crippen molar-refractivity contribution in [3.63, 3.8) is 0 Å². The SMILES string of the molecule is C=COCCCCCCOC1CCC2CC(C(O)(C3CCC4CC(OCCCCCCOC=C)CCC4C3)[C@@H]3CCCN3CCCCCN3CCC[C@@H]3C(O)(C3CCC4CC(OCCCCCCOC=C)CCC4C3)C3CCC4CC(OCCCCCCOC=C)CCC4C3)CCC2C1. The predicted octanol–water partition coefficient (Wildman–Crippen LogP) is 19.8. The molecule has 0 amide bonds. The van der Waals surface area contributed by atoms with Gasteiger partial charge in [-0.2, -0.15) is 0 Å². The lowest BCUT2D eigenvalue weighted by molar-refractivity contribution is -0.161. The van der Waals surface area contributed by atoms with Crippen molar-refractivity contribution in [1.29, 1.82) is 0 Å². The second kappa shape index (κ2) is 43.5. The molecule has 2 heterocycles. The molecule has 2 aliphatic heterocycles. The maximum Gasteiger partial charge on any atom is 0.0873 e. The van der Waals surface area contributed by atoms with Crippen LogP contribution in [0.25, 0.3) is 0 Å². The number of unbranched alkanes of at least 4 members (excludes halogenated alkanes) is 14. The second-order valence-corrected chi connectivity index (χ2v) is 34.4. The van der Waals surface area contributed by atoms with Crippen LogP contribution in [0.1, 0.15) is 302 Å². The van der Waals surface area contributed by atoms with Gasteiger partial charge < -0.3 is 48.1 Å². The third kappa shape index (κ3) is 23.4. The van der Waals surface area contributed by atoms with Crippen LogP contribution in [0.5, 0.6) is 0 Å². The number of hydrogen-bond acceptors (Lipinski definition) is 12. The van der Waals surface area contributed by atoms with Gasteiger partial charge in [-0.3, -0.25) is 9.80 Å². The van der Waals surface area contributed by atoms with Gasteiger partial charge in [-0.15, -0.1) is 0 Å². The van der Waals surface area contributed by atoms with Gasteiger partial charge in [0.25, 0.3) is 0 Å². The maximum atomic E-state index is 14.3. The summed E-state index contributed by atoms with van der Waals surface area (Å²) in [6, 6.07) is 0.541. The Morgan fingerprint density at radius 3 is 0.768 bits per heavy atom. The Bertz CT molecular complexity index is 1960. The van der Waals surface area contributed by atoms with E-state index in [-0.39, 0.29) is 12.1 Å². The number of aliphatic hydroxyl groups is 2. The van der Waals surface area contributed by atoms with Gasteiger partial charge in [-0.25, -0.2) is 0 Å². The standard InChI is InChI=1S/C87H150N2O10/c1-5-92-52-20-9-13-24-56-96-80-44-36-68-60-76(40-32-72(68)64-80)86(90,77-41-33-73-65-81(45-37-69(73)61-77)97-57-25-14-10-21-53-93-6-2)84-30-28-50-88(84)48-18-17-19-49-89-51-29-31-85(89)87(91,78-42-34-74-66-82(46-38-70(74)62-78)98-58-26-15-11-22-54-94-7-3)79-43-35-75-67-83(47-39-71(75)63-79)99-59-27-16-12-23-55-95-8-4/h5-8,68-85,90-91H,1-4,9-67H2/t68?,69?,70?,71?,72?,73?,74?,75?,76?,77?,78?,79?,80?,81?,82?,83?,84-,85+,86?,87?. The zero-order chi connectivity index (χ0) is 68.8. The van der Waals surface area contributed by atoms with Crippen LogP contribution >= 0.6 is 0 Å².